The third-order valence-corrected chi connectivity index (χ3v) is 2.82. The summed E-state index contributed by atoms with van der Waals surface area (Å²) in [6.45, 7) is 4.27. The van der Waals surface area contributed by atoms with Crippen LogP contribution in [0.1, 0.15) is 18.3 Å². The predicted molar refractivity (Wildman–Crippen MR) is 73.9 cm³/mol. The fraction of sp³-hybridized carbons (Fsp3) is 0.500. The van der Waals surface area contributed by atoms with E-state index in [-0.39, 0.29) is 12.4 Å². The molecule has 7 heteroatoms. The summed E-state index contributed by atoms with van der Waals surface area (Å²) in [6.07, 6.45) is 3.50. The second-order valence-corrected chi connectivity index (χ2v) is 3.98. The standard InChI is InChI=1S/C12H18FN5.ClH/c1-2-17-11(3-6-15-17)9-14-10-12-4-7-16-18(12)8-5-13;/h3-4,6-7,14H,2,5,8-10H2,1H3;1H. The lowest BCUT2D eigenvalue weighted by Crippen LogP contribution is -2.19. The van der Waals surface area contributed by atoms with E-state index in [0.29, 0.717) is 13.1 Å². The van der Waals surface area contributed by atoms with Crippen molar-refractivity contribution in [3.63, 3.8) is 0 Å². The van der Waals surface area contributed by atoms with E-state index in [4.69, 9.17) is 0 Å². The summed E-state index contributed by atoms with van der Waals surface area (Å²) in [5.74, 6) is 0. The van der Waals surface area contributed by atoms with Gasteiger partial charge in [0.25, 0.3) is 0 Å². The van der Waals surface area contributed by atoms with Crippen LogP contribution in [0, 0.1) is 0 Å². The van der Waals surface area contributed by atoms with E-state index in [0.717, 1.165) is 24.5 Å². The van der Waals surface area contributed by atoms with E-state index in [2.05, 4.69) is 22.4 Å². The van der Waals surface area contributed by atoms with Gasteiger partial charge in [0.1, 0.15) is 6.67 Å². The maximum absolute atomic E-state index is 12.3. The molecule has 0 aliphatic rings. The minimum absolute atomic E-state index is 0. The van der Waals surface area contributed by atoms with Crippen LogP contribution >= 0.6 is 12.4 Å². The summed E-state index contributed by atoms with van der Waals surface area (Å²) >= 11 is 0. The van der Waals surface area contributed by atoms with Crippen LogP contribution in [-0.4, -0.2) is 26.2 Å². The minimum Gasteiger partial charge on any atom is -0.306 e. The second kappa shape index (κ2) is 7.91. The molecule has 106 valence electrons. The van der Waals surface area contributed by atoms with Gasteiger partial charge in [0.05, 0.1) is 17.9 Å². The van der Waals surface area contributed by atoms with Gasteiger partial charge in [-0.2, -0.15) is 10.2 Å². The molecule has 1 N–H and O–H groups in total. The molecule has 0 aliphatic heterocycles. The summed E-state index contributed by atoms with van der Waals surface area (Å²) in [6, 6.07) is 3.90. The average molecular weight is 288 g/mol. The molecule has 19 heavy (non-hydrogen) atoms. The number of hydrogen-bond donors (Lipinski definition) is 1. The Labute approximate surface area is 118 Å². The molecule has 0 fully saturated rings. The molecule has 0 bridgehead atoms. The lowest BCUT2D eigenvalue weighted by molar-refractivity contribution is 0.416. The Morgan fingerprint density at radius 3 is 2.26 bits per heavy atom. The molecule has 0 saturated heterocycles. The highest BCUT2D eigenvalue weighted by atomic mass is 35.5. The zero-order chi connectivity index (χ0) is 12.8. The summed E-state index contributed by atoms with van der Waals surface area (Å²) in [7, 11) is 0. The van der Waals surface area contributed by atoms with Gasteiger partial charge in [-0.3, -0.25) is 9.36 Å². The van der Waals surface area contributed by atoms with Gasteiger partial charge in [-0.25, -0.2) is 4.39 Å². The van der Waals surface area contributed by atoms with E-state index in [9.17, 15) is 4.39 Å². The van der Waals surface area contributed by atoms with Crippen LogP contribution in [0.4, 0.5) is 4.39 Å². The lowest BCUT2D eigenvalue weighted by Gasteiger charge is -2.08. The fourth-order valence-corrected chi connectivity index (χ4v) is 1.91. The van der Waals surface area contributed by atoms with Crippen molar-refractivity contribution in [3.05, 3.63) is 35.9 Å². The van der Waals surface area contributed by atoms with Crippen LogP contribution in [0.2, 0.25) is 0 Å². The number of aromatic nitrogens is 4. The van der Waals surface area contributed by atoms with Crippen molar-refractivity contribution in [2.45, 2.75) is 33.1 Å². The topological polar surface area (TPSA) is 47.7 Å². The van der Waals surface area contributed by atoms with Crippen molar-refractivity contribution >= 4 is 12.4 Å². The first-order valence-corrected chi connectivity index (χ1v) is 6.13. The predicted octanol–water partition coefficient (Wildman–Crippen LogP) is 1.78. The third-order valence-electron chi connectivity index (χ3n) is 2.82. The summed E-state index contributed by atoms with van der Waals surface area (Å²) in [5, 5.41) is 11.6. The van der Waals surface area contributed by atoms with Gasteiger partial charge in [0.15, 0.2) is 0 Å². The zero-order valence-corrected chi connectivity index (χ0v) is 11.7. The van der Waals surface area contributed by atoms with Crippen molar-refractivity contribution in [1.29, 1.82) is 0 Å². The Balaban J connectivity index is 0.00000180. The highest BCUT2D eigenvalue weighted by Gasteiger charge is 2.03. The number of rotatable bonds is 7. The smallest absolute Gasteiger partial charge is 0.109 e. The van der Waals surface area contributed by atoms with E-state index in [1.807, 2.05) is 16.8 Å². The van der Waals surface area contributed by atoms with Gasteiger partial charge in [-0.1, -0.05) is 0 Å². The Bertz CT molecular complexity index is 482. The van der Waals surface area contributed by atoms with Crippen LogP contribution in [0.25, 0.3) is 0 Å². The molecule has 0 amide bonds. The van der Waals surface area contributed by atoms with E-state index >= 15 is 0 Å². The van der Waals surface area contributed by atoms with Crippen LogP contribution in [-0.2, 0) is 26.2 Å². The number of alkyl halides is 1. The van der Waals surface area contributed by atoms with Crippen molar-refractivity contribution in [2.75, 3.05) is 6.67 Å². The Hall–Kier alpha value is -1.40. The number of nitrogens with one attached hydrogen (secondary N) is 1. The molecule has 2 rings (SSSR count). The first-order chi connectivity index (χ1) is 8.85. The highest BCUT2D eigenvalue weighted by molar-refractivity contribution is 5.85. The monoisotopic (exact) mass is 287 g/mol. The maximum Gasteiger partial charge on any atom is 0.109 e. The van der Waals surface area contributed by atoms with Gasteiger partial charge in [0.2, 0.25) is 0 Å². The molecule has 5 nitrogen and oxygen atoms in total. The number of nitrogens with zero attached hydrogens (tertiary/aromatic N) is 4. The van der Waals surface area contributed by atoms with Crippen LogP contribution in [0.3, 0.4) is 0 Å². The van der Waals surface area contributed by atoms with Crippen LogP contribution in [0.15, 0.2) is 24.5 Å². The molecule has 0 aliphatic carbocycles. The van der Waals surface area contributed by atoms with Crippen molar-refractivity contribution in [1.82, 2.24) is 24.9 Å². The largest absolute Gasteiger partial charge is 0.306 e. The lowest BCUT2D eigenvalue weighted by atomic mass is 10.3. The highest BCUT2D eigenvalue weighted by Crippen LogP contribution is 2.01. The summed E-state index contributed by atoms with van der Waals surface area (Å²) < 4.78 is 15.9. The van der Waals surface area contributed by atoms with Gasteiger partial charge in [-0.05, 0) is 19.1 Å². The average Bonchev–Trinajstić information content (AvgIpc) is 2.99. The molecule has 2 heterocycles. The zero-order valence-electron chi connectivity index (χ0n) is 10.9. The molecule has 0 spiro atoms. The van der Waals surface area contributed by atoms with Crippen molar-refractivity contribution < 1.29 is 4.39 Å². The van der Waals surface area contributed by atoms with E-state index in [1.165, 1.54) is 0 Å². The summed E-state index contributed by atoms with van der Waals surface area (Å²) in [4.78, 5) is 0. The molecular formula is C12H19ClFN5. The molecule has 2 aromatic rings. The Morgan fingerprint density at radius 1 is 1.11 bits per heavy atom. The van der Waals surface area contributed by atoms with Crippen LogP contribution < -0.4 is 5.32 Å². The van der Waals surface area contributed by atoms with Crippen molar-refractivity contribution in [3.8, 4) is 0 Å². The van der Waals surface area contributed by atoms with Crippen molar-refractivity contribution in [2.24, 2.45) is 0 Å². The second-order valence-electron chi connectivity index (χ2n) is 3.98. The minimum atomic E-state index is -0.392. The quantitative estimate of drug-likeness (QED) is 0.844. The SMILES string of the molecule is CCn1nccc1CNCc1ccnn1CCF.Cl. The molecular weight excluding hydrogens is 269 g/mol. The molecule has 0 atom stereocenters. The van der Waals surface area contributed by atoms with E-state index < -0.39 is 6.67 Å². The molecule has 2 aromatic heterocycles. The van der Waals surface area contributed by atoms with Crippen LogP contribution in [0.5, 0.6) is 0 Å². The molecule has 0 radical (unpaired) electrons. The maximum atomic E-state index is 12.3. The third kappa shape index (κ3) is 4.04. The first-order valence-electron chi connectivity index (χ1n) is 6.13. The molecule has 0 unspecified atom stereocenters. The van der Waals surface area contributed by atoms with E-state index in [1.54, 1.807) is 17.1 Å². The molecule has 0 aromatic carbocycles. The van der Waals surface area contributed by atoms with Gasteiger partial charge in [-0.15, -0.1) is 12.4 Å². The first kappa shape index (κ1) is 15.7. The Morgan fingerprint density at radius 2 is 1.68 bits per heavy atom. The number of halogens is 2. The molecule has 0 saturated carbocycles. The fourth-order valence-electron chi connectivity index (χ4n) is 1.91. The number of aryl methyl sites for hydroxylation is 2. The Kier molecular flexibility index (Phi) is 6.52. The number of hydrogen-bond acceptors (Lipinski definition) is 3. The summed E-state index contributed by atoms with van der Waals surface area (Å²) in [5.41, 5.74) is 2.14. The van der Waals surface area contributed by atoms with Gasteiger partial charge >= 0.3 is 0 Å². The van der Waals surface area contributed by atoms with Gasteiger partial charge in [0, 0.05) is 32.0 Å². The van der Waals surface area contributed by atoms with Gasteiger partial charge < -0.3 is 5.32 Å². The normalized spacial score (nSPS) is 10.4.